The molecule has 1 saturated carbocycles. The maximum atomic E-state index is 15.2. The van der Waals surface area contributed by atoms with Crippen LogP contribution in [0.2, 0.25) is 10.0 Å². The lowest BCUT2D eigenvalue weighted by Crippen LogP contribution is -2.53. The zero-order valence-electron chi connectivity index (χ0n) is 27.2. The lowest BCUT2D eigenvalue weighted by molar-refractivity contribution is -0.141. The number of pyridine rings is 1. The van der Waals surface area contributed by atoms with Crippen molar-refractivity contribution in [3.05, 3.63) is 93.1 Å². The Labute approximate surface area is 300 Å². The van der Waals surface area contributed by atoms with Crippen molar-refractivity contribution in [3.8, 4) is 11.5 Å². The number of hydrazine groups is 1. The van der Waals surface area contributed by atoms with Gasteiger partial charge >= 0.3 is 6.18 Å². The molecule has 2 aliphatic heterocycles. The summed E-state index contributed by atoms with van der Waals surface area (Å²) in [6, 6.07) is 11.5. The Morgan fingerprint density at radius 1 is 1.02 bits per heavy atom. The number of anilines is 1. The maximum Gasteiger partial charge on any atom is 0.417 e. The number of alkyl halides is 3. The molecule has 4 aliphatic rings. The number of phenolic OH excluding ortho intramolecular Hbond substituents is 1. The van der Waals surface area contributed by atoms with Crippen LogP contribution in [0.4, 0.5) is 19.0 Å². The number of allylic oxidation sites excluding steroid dienone is 2. The Kier molecular flexibility index (Phi) is 8.57. The number of halogens is 5. The highest BCUT2D eigenvalue weighted by molar-refractivity contribution is 6.33. The first-order chi connectivity index (χ1) is 24.2. The molecule has 3 fully saturated rings. The molecule has 3 aromatic rings. The van der Waals surface area contributed by atoms with Crippen LogP contribution < -0.4 is 10.2 Å². The number of imide groups is 2. The second-order valence-corrected chi connectivity index (χ2v) is 14.0. The van der Waals surface area contributed by atoms with Gasteiger partial charge in [-0.1, -0.05) is 53.9 Å². The molecule has 0 unspecified atom stereocenters. The highest BCUT2D eigenvalue weighted by Crippen LogP contribution is 2.65. The molecule has 0 spiro atoms. The summed E-state index contributed by atoms with van der Waals surface area (Å²) in [5.74, 6) is -6.92. The zero-order chi connectivity index (χ0) is 36.6. The predicted octanol–water partition coefficient (Wildman–Crippen LogP) is 6.52. The van der Waals surface area contributed by atoms with E-state index in [9.17, 15) is 32.7 Å². The zero-order valence-corrected chi connectivity index (χ0v) is 28.7. The number of ether oxygens (including phenoxy) is 1. The molecular weight excluding hydrogens is 712 g/mol. The van der Waals surface area contributed by atoms with Crippen LogP contribution in [0.1, 0.15) is 48.8 Å². The molecule has 2 N–H and O–H groups in total. The number of nitrogens with one attached hydrogen (secondary N) is 1. The summed E-state index contributed by atoms with van der Waals surface area (Å²) in [5, 5.41) is 12.0. The minimum Gasteiger partial charge on any atom is -0.508 e. The predicted molar refractivity (Wildman–Crippen MR) is 179 cm³/mol. The molecule has 2 aliphatic carbocycles. The average molecular weight is 744 g/mol. The van der Waals surface area contributed by atoms with Crippen LogP contribution in [0.25, 0.3) is 0 Å². The number of methoxy groups -OCH3 is 1. The van der Waals surface area contributed by atoms with Gasteiger partial charge in [-0.15, -0.1) is 0 Å². The number of benzene rings is 2. The lowest BCUT2D eigenvalue weighted by Gasteiger charge is -2.50. The molecule has 6 atom stereocenters. The second-order valence-electron chi connectivity index (χ2n) is 13.2. The SMILES string of the molecule is CCCN1C(=O)[C@H]2[C@H](CC=C3[C@H]2C[C@H]2C(=O)N(Nc4ncc(C(F)(F)F)cc4Cl)C(=O)[C@@]2(c2ccc(Cl)cc2)[C@H]3c2cc(OC)ccc2O)C1=O. The maximum absolute atomic E-state index is 15.2. The van der Waals surface area contributed by atoms with E-state index >= 15 is 4.79 Å². The number of carbonyl (C=O) groups excluding carboxylic acids is 4. The van der Waals surface area contributed by atoms with Gasteiger partial charge in [0.05, 0.1) is 40.9 Å². The van der Waals surface area contributed by atoms with E-state index in [2.05, 4.69) is 10.4 Å². The van der Waals surface area contributed by atoms with Crippen molar-refractivity contribution in [3.63, 3.8) is 0 Å². The van der Waals surface area contributed by atoms with Crippen molar-refractivity contribution < 1.29 is 42.2 Å². The summed E-state index contributed by atoms with van der Waals surface area (Å²) in [6.07, 6.45) is -1.67. The summed E-state index contributed by atoms with van der Waals surface area (Å²) >= 11 is 12.5. The van der Waals surface area contributed by atoms with E-state index in [1.807, 2.05) is 13.0 Å². The minimum absolute atomic E-state index is 0.0350. The molecule has 0 bridgehead atoms. The molecule has 0 radical (unpaired) electrons. The molecule has 2 saturated heterocycles. The first-order valence-electron chi connectivity index (χ1n) is 16.3. The monoisotopic (exact) mass is 742 g/mol. The van der Waals surface area contributed by atoms with Gasteiger partial charge in [0.1, 0.15) is 11.5 Å². The summed E-state index contributed by atoms with van der Waals surface area (Å²) in [7, 11) is 1.43. The number of aromatic hydroxyl groups is 1. The smallest absolute Gasteiger partial charge is 0.417 e. The number of amides is 4. The molecule has 1 aromatic heterocycles. The van der Waals surface area contributed by atoms with Crippen molar-refractivity contribution in [2.75, 3.05) is 19.1 Å². The number of hydrogen-bond donors (Lipinski definition) is 2. The Bertz CT molecular complexity index is 2010. The van der Waals surface area contributed by atoms with Crippen molar-refractivity contribution in [2.45, 2.75) is 43.7 Å². The van der Waals surface area contributed by atoms with Crippen molar-refractivity contribution in [1.82, 2.24) is 14.9 Å². The molecule has 51 heavy (non-hydrogen) atoms. The van der Waals surface area contributed by atoms with Gasteiger partial charge in [-0.05, 0) is 67.1 Å². The Hall–Kier alpha value is -4.62. The quantitative estimate of drug-likeness (QED) is 0.207. The number of rotatable bonds is 7. The van der Waals surface area contributed by atoms with Crippen LogP contribution >= 0.6 is 23.2 Å². The lowest BCUT2D eigenvalue weighted by atomic mass is 9.49. The van der Waals surface area contributed by atoms with Gasteiger partial charge in [0, 0.05) is 29.2 Å². The number of hydrogen-bond acceptors (Lipinski definition) is 8. The Balaban J connectivity index is 1.45. The van der Waals surface area contributed by atoms with E-state index in [0.29, 0.717) is 45.6 Å². The molecule has 266 valence electrons. The highest BCUT2D eigenvalue weighted by Gasteiger charge is 2.70. The van der Waals surface area contributed by atoms with Crippen LogP contribution in [-0.2, 0) is 30.8 Å². The van der Waals surface area contributed by atoms with Gasteiger partial charge in [-0.2, -0.15) is 18.2 Å². The van der Waals surface area contributed by atoms with E-state index < -0.39 is 63.6 Å². The van der Waals surface area contributed by atoms with Crippen molar-refractivity contribution in [1.29, 1.82) is 0 Å². The number of nitrogens with zero attached hydrogens (tertiary/aromatic N) is 3. The third-order valence-electron chi connectivity index (χ3n) is 10.6. The minimum atomic E-state index is -4.75. The van der Waals surface area contributed by atoms with E-state index in [0.717, 1.165) is 0 Å². The number of phenols is 1. The third kappa shape index (κ3) is 5.26. The van der Waals surface area contributed by atoms with E-state index in [1.54, 1.807) is 30.3 Å². The molecular formula is C36H31Cl2F3N4O6. The van der Waals surface area contributed by atoms with Gasteiger partial charge in [0.2, 0.25) is 11.8 Å². The summed E-state index contributed by atoms with van der Waals surface area (Å²) in [5.41, 5.74) is 0.862. The van der Waals surface area contributed by atoms with E-state index in [4.69, 9.17) is 27.9 Å². The van der Waals surface area contributed by atoms with Crippen molar-refractivity contribution in [2.24, 2.45) is 23.7 Å². The normalized spacial score (nSPS) is 27.3. The topological polar surface area (TPSA) is 129 Å². The average Bonchev–Trinajstić information content (AvgIpc) is 3.46. The Morgan fingerprint density at radius 3 is 2.39 bits per heavy atom. The first kappa shape index (κ1) is 34.8. The van der Waals surface area contributed by atoms with Gasteiger partial charge in [0.25, 0.3) is 11.8 Å². The number of likely N-dealkylation sites (tertiary alicyclic amines) is 1. The number of fused-ring (bicyclic) bond motifs is 4. The fourth-order valence-corrected chi connectivity index (χ4v) is 8.86. The first-order valence-corrected chi connectivity index (χ1v) is 17.0. The van der Waals surface area contributed by atoms with Crippen molar-refractivity contribution >= 4 is 52.6 Å². The van der Waals surface area contributed by atoms with Crippen LogP contribution in [0, 0.1) is 23.7 Å². The summed E-state index contributed by atoms with van der Waals surface area (Å²) in [6.45, 7) is 2.10. The molecule has 7 rings (SSSR count). The van der Waals surface area contributed by atoms with E-state index in [-0.39, 0.29) is 48.3 Å². The van der Waals surface area contributed by atoms with Gasteiger partial charge < -0.3 is 9.84 Å². The number of carbonyl (C=O) groups is 4. The molecule has 2 aromatic carbocycles. The third-order valence-corrected chi connectivity index (χ3v) is 11.2. The van der Waals surface area contributed by atoms with Crippen LogP contribution in [0.3, 0.4) is 0 Å². The summed E-state index contributed by atoms with van der Waals surface area (Å²) in [4.78, 5) is 62.5. The highest BCUT2D eigenvalue weighted by atomic mass is 35.5. The summed E-state index contributed by atoms with van der Waals surface area (Å²) < 4.78 is 45.8. The van der Waals surface area contributed by atoms with Crippen LogP contribution in [0.15, 0.2) is 66.4 Å². The molecule has 10 nitrogen and oxygen atoms in total. The van der Waals surface area contributed by atoms with Crippen LogP contribution in [0.5, 0.6) is 11.5 Å². The largest absolute Gasteiger partial charge is 0.508 e. The van der Waals surface area contributed by atoms with Gasteiger partial charge in [0.15, 0.2) is 5.82 Å². The molecule has 3 heterocycles. The van der Waals surface area contributed by atoms with E-state index in [1.165, 1.54) is 24.1 Å². The fourth-order valence-electron chi connectivity index (χ4n) is 8.53. The number of aromatic nitrogens is 1. The second kappa shape index (κ2) is 12.6. The van der Waals surface area contributed by atoms with Gasteiger partial charge in [-0.3, -0.25) is 29.5 Å². The van der Waals surface area contributed by atoms with Crippen LogP contribution in [-0.4, -0.2) is 57.3 Å². The van der Waals surface area contributed by atoms with Gasteiger partial charge in [-0.25, -0.2) is 4.98 Å². The standard InChI is InChI=1S/C36H31Cl2F3N4O6/c1-3-12-44-31(47)22-10-9-21-23(28(22)33(44)49)15-25-32(48)45(43-30-26(38)13-18(16-42-30)36(39,40)41)34(50)35(25,17-4-6-19(37)7-5-17)29(21)24-14-20(51-2)8-11-27(24)46/h4-9,11,13-14,16,22-23,25,28-29,46H,3,10,12,15H2,1-2H3,(H,42,43)/t22-,23+,25-,28-,29+,35+/m0/s1. The fraction of sp³-hybridized carbons (Fsp3) is 0.361. The molecule has 4 amide bonds. The molecule has 15 heteroatoms. The Morgan fingerprint density at radius 2 is 1.75 bits per heavy atom.